The first kappa shape index (κ1) is 74.6. The molecule has 6 aromatic rings. The van der Waals surface area contributed by atoms with Crippen LogP contribution in [0.5, 0.6) is 0 Å². The van der Waals surface area contributed by atoms with E-state index in [4.69, 9.17) is 47.2 Å². The molecule has 0 amide bonds. The molecule has 6 fully saturated rings. The fraction of sp³-hybridized carbons (Fsp3) is 0.727. The van der Waals surface area contributed by atoms with E-state index in [1.54, 1.807) is 38.6 Å². The van der Waals surface area contributed by atoms with Crippen molar-refractivity contribution in [3.05, 3.63) is 115 Å². The maximum absolute atomic E-state index is 12.9. The molecule has 12 heterocycles. The zero-order chi connectivity index (χ0) is 73.0. The predicted octanol–water partition coefficient (Wildman–Crippen LogP) is 4.90. The van der Waals surface area contributed by atoms with Crippen LogP contribution in [0.4, 0.5) is 17.0 Å². The summed E-state index contributed by atoms with van der Waals surface area (Å²) in [6.45, 7) is 46.2. The van der Waals surface area contributed by atoms with Gasteiger partial charge in [-0.25, -0.2) is 19.4 Å². The van der Waals surface area contributed by atoms with Crippen molar-refractivity contribution < 1.29 is 47.2 Å². The highest BCUT2D eigenvalue weighted by Crippen LogP contribution is 2.54. The van der Waals surface area contributed by atoms with Crippen LogP contribution in [0.2, 0.25) is 0 Å². The molecule has 6 aliphatic heterocycles. The number of ether oxygens (including phenoxy) is 9. The number of rotatable bonds is 16. The van der Waals surface area contributed by atoms with Crippen LogP contribution in [0.1, 0.15) is 171 Å². The minimum atomic E-state index is -0.909. The number of hydrogen-bond acceptors (Lipinski definition) is 26. The molecule has 33 heteroatoms. The molecule has 6 aromatic heterocycles. The smallest absolute Gasteiger partial charge is 0.330 e. The van der Waals surface area contributed by atoms with E-state index in [0.29, 0.717) is 66.5 Å². The molecule has 6 bridgehead atoms. The molecule has 6 aliphatic rings. The van der Waals surface area contributed by atoms with Crippen molar-refractivity contribution in [3.63, 3.8) is 0 Å². The third-order valence-corrected chi connectivity index (χ3v) is 18.3. The number of fused-ring (bicyclic) bond motifs is 6. The second-order valence-electron chi connectivity index (χ2n) is 31.9. The van der Waals surface area contributed by atoms with Gasteiger partial charge in [0.2, 0.25) is 17.0 Å². The fourth-order valence-electron chi connectivity index (χ4n) is 13.1. The normalized spacial score (nSPS) is 27.4. The number of aromatic nitrogens is 13. The summed E-state index contributed by atoms with van der Waals surface area (Å²) in [4.78, 5) is 101. The second-order valence-corrected chi connectivity index (χ2v) is 32.7. The lowest BCUT2D eigenvalue weighted by molar-refractivity contribution is -0.183. The summed E-state index contributed by atoms with van der Waals surface area (Å²) in [5, 5.41) is 9.45. The van der Waals surface area contributed by atoms with Gasteiger partial charge in [0.25, 0.3) is 22.6 Å². The SMILES string of the molecule is Cc1cn([C@@H]2O[C@@]3(COC(C)(C)C)CN(c4nc(C)n(C)n4)[C@@H]2[C@@H]3OC(C)(C)C)c(=O)[nH]c1=O.Cc1nc(N2C[C@]3(COC(C)(C)C)O[C@@H](n4cc(C)c(=O)[nH]c4=O)[C@H]2[C@@H]3OC(C)(C)C)no1.Cc1nsc(N2C[C@]3(COC(C)C)O[C@@H](n4cc(C)c(=O)[nH]c4=O)[C@H]2[C@@H]3OC(C)(C)C)n1. The summed E-state index contributed by atoms with van der Waals surface area (Å²) in [5.41, 5.74) is -6.53. The Morgan fingerprint density at radius 3 is 1.22 bits per heavy atom. The van der Waals surface area contributed by atoms with Crippen LogP contribution in [-0.4, -0.2) is 190 Å². The Bertz CT molecular complexity index is 4270. The van der Waals surface area contributed by atoms with Gasteiger partial charge in [0, 0.05) is 60.8 Å². The lowest BCUT2D eigenvalue weighted by atomic mass is 9.98. The largest absolute Gasteiger partial charge is 0.376 e. The highest BCUT2D eigenvalue weighted by molar-refractivity contribution is 7.09. The Kier molecular flexibility index (Phi) is 20.1. The number of hydrogen-bond donors (Lipinski definition) is 3. The van der Waals surface area contributed by atoms with Crippen LogP contribution in [0, 0.1) is 41.5 Å². The Morgan fingerprint density at radius 1 is 0.525 bits per heavy atom. The van der Waals surface area contributed by atoms with Crippen molar-refractivity contribution in [2.24, 2.45) is 7.05 Å². The average molecular weight is 1410 g/mol. The molecule has 12 atom stereocenters. The Hall–Kier alpha value is -7.08. The van der Waals surface area contributed by atoms with E-state index in [2.05, 4.69) is 49.4 Å². The average Bonchev–Trinajstić information content (AvgIpc) is 1.56. The lowest BCUT2D eigenvalue weighted by Gasteiger charge is -2.38. The number of anilines is 3. The van der Waals surface area contributed by atoms with E-state index in [-0.39, 0.29) is 25.4 Å². The summed E-state index contributed by atoms with van der Waals surface area (Å²) in [7, 11) is 1.84. The van der Waals surface area contributed by atoms with Crippen molar-refractivity contribution in [2.75, 3.05) is 54.2 Å². The minimum absolute atomic E-state index is 0.00312. The maximum Gasteiger partial charge on any atom is 0.330 e. The van der Waals surface area contributed by atoms with E-state index in [1.165, 1.54) is 37.6 Å². The third-order valence-electron chi connectivity index (χ3n) is 17.4. The highest BCUT2D eigenvalue weighted by Gasteiger charge is 2.70. The van der Waals surface area contributed by atoms with Gasteiger partial charge >= 0.3 is 17.1 Å². The van der Waals surface area contributed by atoms with Crippen LogP contribution in [0.3, 0.4) is 0 Å². The fourth-order valence-corrected chi connectivity index (χ4v) is 13.9. The zero-order valence-electron chi connectivity index (χ0n) is 61.5. The van der Waals surface area contributed by atoms with Gasteiger partial charge in [-0.05, 0) is 157 Å². The summed E-state index contributed by atoms with van der Waals surface area (Å²) < 4.78 is 73.5. The van der Waals surface area contributed by atoms with Gasteiger partial charge in [-0.1, -0.05) is 0 Å². The van der Waals surface area contributed by atoms with Gasteiger partial charge in [-0.2, -0.15) is 14.3 Å². The molecule has 546 valence electrons. The monoisotopic (exact) mass is 1400 g/mol. The van der Waals surface area contributed by atoms with E-state index >= 15 is 0 Å². The first-order valence-corrected chi connectivity index (χ1v) is 34.2. The summed E-state index contributed by atoms with van der Waals surface area (Å²) in [6.07, 6.45) is 1.08. The topological polar surface area (TPSA) is 353 Å². The first-order chi connectivity index (χ1) is 45.7. The third kappa shape index (κ3) is 15.7. The molecule has 0 spiro atoms. The molecule has 0 saturated carbocycles. The van der Waals surface area contributed by atoms with Crippen molar-refractivity contribution in [1.29, 1.82) is 0 Å². The molecule has 0 unspecified atom stereocenters. The predicted molar refractivity (Wildman–Crippen MR) is 366 cm³/mol. The second kappa shape index (κ2) is 26.7. The summed E-state index contributed by atoms with van der Waals surface area (Å²) >= 11 is 1.30. The number of aryl methyl sites for hydroxylation is 7. The van der Waals surface area contributed by atoms with Gasteiger partial charge < -0.3 is 61.9 Å². The lowest BCUT2D eigenvalue weighted by Crippen LogP contribution is -2.52. The van der Waals surface area contributed by atoms with Crippen LogP contribution >= 0.6 is 11.5 Å². The van der Waals surface area contributed by atoms with Crippen LogP contribution < -0.4 is 48.4 Å². The molecule has 0 radical (unpaired) electrons. The number of H-pyrrole nitrogens is 3. The molecule has 12 rings (SSSR count). The van der Waals surface area contributed by atoms with Crippen molar-refractivity contribution in [3.8, 4) is 0 Å². The molecule has 3 N–H and O–H groups in total. The molecule has 0 aromatic carbocycles. The number of morpholine rings is 3. The van der Waals surface area contributed by atoms with Gasteiger partial charge in [0.1, 0.15) is 64.9 Å². The summed E-state index contributed by atoms with van der Waals surface area (Å²) in [5.74, 6) is 2.80. The highest BCUT2D eigenvalue weighted by atomic mass is 32.1. The number of nitrogens with one attached hydrogen (secondary N) is 3. The zero-order valence-corrected chi connectivity index (χ0v) is 62.3. The molecule has 0 aliphatic carbocycles. The Balaban J connectivity index is 0.000000161. The Morgan fingerprint density at radius 2 is 0.899 bits per heavy atom. The van der Waals surface area contributed by atoms with Crippen molar-refractivity contribution in [2.45, 2.75) is 265 Å². The van der Waals surface area contributed by atoms with E-state index < -0.39 is 128 Å². The van der Waals surface area contributed by atoms with E-state index in [0.717, 1.165) is 11.0 Å². The van der Waals surface area contributed by atoms with Crippen LogP contribution in [0.15, 0.2) is 51.9 Å². The number of nitrogens with zero attached hydrogens (tertiary/aromatic N) is 13. The standard InChI is InChI=1S/C23H36N6O5.C22H33N5O6.C21H31N5O5S/c1-13-10-28(20(31)25-17(13)30)18-15-16(33-22(6,7)8)23(34-18,12-32-21(3,4)5)11-29(15)19-24-14(2)27(9)26-19;1-12-9-26(19(29)24-16(12)28)17-14-15(31-21(6,7)8)22(32-17,11-30-20(3,4)5)10-27(14)18-23-13(2)33-25-18;1-11(2)29-10-21-9-26(19-22-13(4)24-32-19)14(15(21)30-20(5,6)7)17(31-21)25-8-12(3)16(27)23-18(25)28/h10,15-16,18H,11-12H2,1-9H3,(H,25,30,31);9,14-15,17H,10-11H2,1-8H3,(H,24,28,29);8,11,14-15,17H,9-10H2,1-7H3,(H,23,27,28)/t15-,16+,18-,23-;14-,15+,17-,22-;14-,15+,17-,21-/m111/s1. The van der Waals surface area contributed by atoms with Crippen LogP contribution in [0.25, 0.3) is 0 Å². The van der Waals surface area contributed by atoms with Gasteiger partial charge in [-0.15, -0.1) is 5.10 Å². The number of aromatic amines is 3. The summed E-state index contributed by atoms with van der Waals surface area (Å²) in [6, 6.07) is -1.25. The Labute approximate surface area is 578 Å². The van der Waals surface area contributed by atoms with Crippen molar-refractivity contribution >= 4 is 28.6 Å². The van der Waals surface area contributed by atoms with Crippen molar-refractivity contribution in [1.82, 2.24) is 62.9 Å². The van der Waals surface area contributed by atoms with Gasteiger partial charge in [-0.3, -0.25) is 47.7 Å². The molecular weight excluding hydrogens is 1300 g/mol. The quantitative estimate of drug-likeness (QED) is 0.116. The molecule has 32 nitrogen and oxygen atoms in total. The van der Waals surface area contributed by atoms with Gasteiger partial charge in [0.05, 0.1) is 73.6 Å². The maximum atomic E-state index is 12.9. The molecular formula is C66H100N16O16S. The minimum Gasteiger partial charge on any atom is -0.376 e. The molecule has 99 heavy (non-hydrogen) atoms. The van der Waals surface area contributed by atoms with E-state index in [1.807, 2.05) is 148 Å². The van der Waals surface area contributed by atoms with E-state index in [9.17, 15) is 28.8 Å². The first-order valence-electron chi connectivity index (χ1n) is 33.4. The molecule has 6 saturated heterocycles. The van der Waals surface area contributed by atoms with Gasteiger partial charge in [0.15, 0.2) is 18.7 Å². The van der Waals surface area contributed by atoms with Crippen LogP contribution in [-0.2, 0) is 49.7 Å².